The van der Waals surface area contributed by atoms with Gasteiger partial charge in [0.05, 0.1) is 12.1 Å². The van der Waals surface area contributed by atoms with Crippen LogP contribution in [0.5, 0.6) is 0 Å². The van der Waals surface area contributed by atoms with Crippen molar-refractivity contribution < 1.29 is 9.59 Å². The Hall–Kier alpha value is -2.62. The number of amides is 2. The van der Waals surface area contributed by atoms with E-state index in [0.29, 0.717) is 5.69 Å². The predicted molar refractivity (Wildman–Crippen MR) is 96.4 cm³/mol. The maximum atomic E-state index is 12.8. The summed E-state index contributed by atoms with van der Waals surface area (Å²) in [6, 6.07) is 11.1. The molecule has 1 heterocycles. The van der Waals surface area contributed by atoms with Crippen LogP contribution in [0.1, 0.15) is 28.7 Å². The van der Waals surface area contributed by atoms with Crippen molar-refractivity contribution in [1.82, 2.24) is 0 Å². The summed E-state index contributed by atoms with van der Waals surface area (Å²) in [7, 11) is 0. The van der Waals surface area contributed by atoms with Gasteiger partial charge in [-0.15, -0.1) is 0 Å². The van der Waals surface area contributed by atoms with Gasteiger partial charge in [-0.25, -0.2) is 4.90 Å². The number of imide groups is 1. The van der Waals surface area contributed by atoms with Gasteiger partial charge in [-0.3, -0.25) is 9.59 Å². The number of nitrogens with one attached hydrogen (secondary N) is 1. The molecule has 1 aliphatic rings. The maximum Gasteiger partial charge on any atom is 0.256 e. The Morgan fingerprint density at radius 2 is 1.71 bits per heavy atom. The average Bonchev–Trinajstić information content (AvgIpc) is 2.80. The molecule has 1 fully saturated rings. The number of hydrogen-bond acceptors (Lipinski definition) is 3. The fourth-order valence-corrected chi connectivity index (χ4v) is 3.01. The lowest BCUT2D eigenvalue weighted by Gasteiger charge is -2.19. The van der Waals surface area contributed by atoms with Gasteiger partial charge in [0.2, 0.25) is 5.91 Å². The minimum atomic E-state index is -0.514. The van der Waals surface area contributed by atoms with Gasteiger partial charge in [-0.1, -0.05) is 18.2 Å². The Balaban J connectivity index is 1.86. The molecule has 1 saturated heterocycles. The van der Waals surface area contributed by atoms with Gasteiger partial charge in [0.15, 0.2) is 0 Å². The van der Waals surface area contributed by atoms with Crippen molar-refractivity contribution in [2.24, 2.45) is 0 Å². The van der Waals surface area contributed by atoms with E-state index in [1.165, 1.54) is 10.5 Å². The van der Waals surface area contributed by atoms with Crippen molar-refractivity contribution >= 4 is 23.2 Å². The largest absolute Gasteiger partial charge is 0.373 e. The molecule has 3 rings (SSSR count). The molecule has 4 nitrogen and oxygen atoms in total. The van der Waals surface area contributed by atoms with Crippen molar-refractivity contribution in [3.63, 3.8) is 0 Å². The average molecular weight is 322 g/mol. The molecule has 0 bridgehead atoms. The van der Waals surface area contributed by atoms with Crippen molar-refractivity contribution in [3.05, 3.63) is 58.7 Å². The van der Waals surface area contributed by atoms with Crippen LogP contribution in [0.2, 0.25) is 0 Å². The molecule has 2 amide bonds. The summed E-state index contributed by atoms with van der Waals surface area (Å²) >= 11 is 0. The number of carbonyl (C=O) groups is 2. The highest BCUT2D eigenvalue weighted by Crippen LogP contribution is 2.29. The molecule has 2 aromatic rings. The highest BCUT2D eigenvalue weighted by Gasteiger charge is 2.40. The second kappa shape index (κ2) is 6.11. The monoisotopic (exact) mass is 322 g/mol. The first kappa shape index (κ1) is 16.2. The quantitative estimate of drug-likeness (QED) is 0.877. The number of anilines is 2. The molecular weight excluding hydrogens is 300 g/mol. The highest BCUT2D eigenvalue weighted by molar-refractivity contribution is 6.23. The Kier molecular flexibility index (Phi) is 4.14. The second-order valence-electron chi connectivity index (χ2n) is 6.49. The van der Waals surface area contributed by atoms with E-state index in [-0.39, 0.29) is 18.2 Å². The first-order valence-corrected chi connectivity index (χ1v) is 8.15. The summed E-state index contributed by atoms with van der Waals surface area (Å²) in [5, 5.41) is 3.21. The van der Waals surface area contributed by atoms with Gasteiger partial charge in [0.25, 0.3) is 5.91 Å². The topological polar surface area (TPSA) is 49.4 Å². The molecule has 0 spiro atoms. The van der Waals surface area contributed by atoms with Crippen LogP contribution in [0.3, 0.4) is 0 Å². The minimum absolute atomic E-state index is 0.157. The summed E-state index contributed by atoms with van der Waals surface area (Å²) in [5.74, 6) is -0.345. The molecule has 0 radical (unpaired) electrons. The van der Waals surface area contributed by atoms with Crippen LogP contribution in [0, 0.1) is 27.7 Å². The van der Waals surface area contributed by atoms with E-state index >= 15 is 0 Å². The smallest absolute Gasteiger partial charge is 0.256 e. The number of rotatable bonds is 3. The van der Waals surface area contributed by atoms with Crippen molar-refractivity contribution in [2.45, 2.75) is 40.2 Å². The molecule has 1 N–H and O–H groups in total. The van der Waals surface area contributed by atoms with E-state index in [9.17, 15) is 9.59 Å². The van der Waals surface area contributed by atoms with E-state index in [1.54, 1.807) is 0 Å². The number of hydrogen-bond donors (Lipinski definition) is 1. The standard InChI is InChI=1S/C20H22N2O2/c1-12-8-9-16(10-14(12)3)21-17-11-19(23)22(20(17)24)18-7-5-6-13(2)15(18)4/h5-10,17,21H,11H2,1-4H3/t17-/m1/s1. The minimum Gasteiger partial charge on any atom is -0.373 e. The third-order valence-corrected chi connectivity index (χ3v) is 4.81. The fourth-order valence-electron chi connectivity index (χ4n) is 3.01. The maximum absolute atomic E-state index is 12.8. The third-order valence-electron chi connectivity index (χ3n) is 4.81. The molecular formula is C20H22N2O2. The summed E-state index contributed by atoms with van der Waals surface area (Å²) < 4.78 is 0. The number of nitrogens with zero attached hydrogens (tertiary/aromatic N) is 1. The first-order chi connectivity index (χ1) is 11.4. The Morgan fingerprint density at radius 1 is 0.958 bits per heavy atom. The van der Waals surface area contributed by atoms with Crippen LogP contribution >= 0.6 is 0 Å². The van der Waals surface area contributed by atoms with Gasteiger partial charge in [0, 0.05) is 5.69 Å². The lowest BCUT2D eigenvalue weighted by Crippen LogP contribution is -2.35. The van der Waals surface area contributed by atoms with Crippen molar-refractivity contribution in [1.29, 1.82) is 0 Å². The fraction of sp³-hybridized carbons (Fsp3) is 0.300. The Labute approximate surface area is 142 Å². The number of aryl methyl sites for hydroxylation is 3. The van der Waals surface area contributed by atoms with Crippen LogP contribution in [0.15, 0.2) is 36.4 Å². The zero-order valence-electron chi connectivity index (χ0n) is 14.5. The second-order valence-corrected chi connectivity index (χ2v) is 6.49. The summed E-state index contributed by atoms with van der Waals surface area (Å²) in [6.07, 6.45) is 0.180. The molecule has 0 saturated carbocycles. The molecule has 0 aromatic heterocycles. The van der Waals surface area contributed by atoms with Crippen molar-refractivity contribution in [3.8, 4) is 0 Å². The Morgan fingerprint density at radius 3 is 2.42 bits per heavy atom. The van der Waals surface area contributed by atoms with Crippen LogP contribution in [0.4, 0.5) is 11.4 Å². The molecule has 124 valence electrons. The zero-order chi connectivity index (χ0) is 17.4. The molecule has 4 heteroatoms. The summed E-state index contributed by atoms with van der Waals surface area (Å²) in [4.78, 5) is 26.5. The zero-order valence-corrected chi connectivity index (χ0v) is 14.5. The van der Waals surface area contributed by atoms with E-state index < -0.39 is 6.04 Å². The third kappa shape index (κ3) is 2.80. The number of carbonyl (C=O) groups excluding carboxylic acids is 2. The SMILES string of the molecule is Cc1ccc(N[C@@H]2CC(=O)N(c3cccc(C)c3C)C2=O)cc1C. The van der Waals surface area contributed by atoms with Crippen LogP contribution in [0.25, 0.3) is 0 Å². The van der Waals surface area contributed by atoms with Gasteiger partial charge < -0.3 is 5.32 Å². The van der Waals surface area contributed by atoms with Crippen LogP contribution in [-0.2, 0) is 9.59 Å². The molecule has 2 aromatic carbocycles. The molecule has 0 aliphatic carbocycles. The Bertz CT molecular complexity index is 826. The van der Waals surface area contributed by atoms with Gasteiger partial charge in [-0.05, 0) is 68.1 Å². The number of benzene rings is 2. The molecule has 1 aliphatic heterocycles. The first-order valence-electron chi connectivity index (χ1n) is 8.15. The van der Waals surface area contributed by atoms with Gasteiger partial charge in [-0.2, -0.15) is 0 Å². The summed E-state index contributed by atoms with van der Waals surface area (Å²) in [6.45, 7) is 8.00. The van der Waals surface area contributed by atoms with Gasteiger partial charge >= 0.3 is 0 Å². The van der Waals surface area contributed by atoms with Gasteiger partial charge in [0.1, 0.15) is 6.04 Å². The van der Waals surface area contributed by atoms with E-state index in [2.05, 4.69) is 5.32 Å². The van der Waals surface area contributed by atoms with Crippen LogP contribution in [-0.4, -0.2) is 17.9 Å². The summed E-state index contributed by atoms with van der Waals surface area (Å²) in [5.41, 5.74) is 5.95. The van der Waals surface area contributed by atoms with Crippen molar-refractivity contribution in [2.75, 3.05) is 10.2 Å². The molecule has 0 unspecified atom stereocenters. The highest BCUT2D eigenvalue weighted by atomic mass is 16.2. The molecule has 1 atom stereocenters. The lowest BCUT2D eigenvalue weighted by molar-refractivity contribution is -0.121. The van der Waals surface area contributed by atoms with Crippen LogP contribution < -0.4 is 10.2 Å². The molecule has 24 heavy (non-hydrogen) atoms. The van der Waals surface area contributed by atoms with E-state index in [1.807, 2.05) is 64.1 Å². The van der Waals surface area contributed by atoms with E-state index in [0.717, 1.165) is 22.4 Å². The van der Waals surface area contributed by atoms with E-state index in [4.69, 9.17) is 0 Å². The predicted octanol–water partition coefficient (Wildman–Crippen LogP) is 3.66. The lowest BCUT2D eigenvalue weighted by atomic mass is 10.1. The normalized spacial score (nSPS) is 17.5.